The third kappa shape index (κ3) is 3.94. The van der Waals surface area contributed by atoms with Gasteiger partial charge in [0.25, 0.3) is 0 Å². The number of carbonyl (C=O) groups is 2. The van der Waals surface area contributed by atoms with E-state index in [1.54, 1.807) is 4.90 Å². The normalized spacial score (nSPS) is 22.6. The van der Waals surface area contributed by atoms with Crippen molar-refractivity contribution in [2.75, 3.05) is 52.5 Å². The van der Waals surface area contributed by atoms with Gasteiger partial charge in [-0.3, -0.25) is 14.5 Å². The number of para-hydroxylation sites is 2. The molecule has 2 aromatic carbocycles. The van der Waals surface area contributed by atoms with E-state index in [0.29, 0.717) is 32.8 Å². The number of rotatable bonds is 6. The number of aromatic amines is 1. The maximum atomic E-state index is 13.9. The first-order valence-electron chi connectivity index (χ1n) is 12.9. The van der Waals surface area contributed by atoms with E-state index in [0.717, 1.165) is 53.1 Å². The zero-order chi connectivity index (χ0) is 24.6. The number of aromatic nitrogens is 1. The number of nitrogens with one attached hydrogen (secondary N) is 1. The van der Waals surface area contributed by atoms with Crippen molar-refractivity contribution in [3.8, 4) is 5.75 Å². The number of ether oxygens (including phenoxy) is 2. The fourth-order valence-corrected chi connectivity index (χ4v) is 5.92. The predicted molar refractivity (Wildman–Crippen MR) is 136 cm³/mol. The van der Waals surface area contributed by atoms with E-state index in [9.17, 15) is 9.59 Å². The number of hydrogen-bond donors (Lipinski definition) is 1. The van der Waals surface area contributed by atoms with Gasteiger partial charge in [0.2, 0.25) is 11.8 Å². The first-order chi connectivity index (χ1) is 17.7. The van der Waals surface area contributed by atoms with Crippen molar-refractivity contribution < 1.29 is 19.1 Å². The Morgan fingerprint density at radius 2 is 1.81 bits per heavy atom. The van der Waals surface area contributed by atoms with Crippen LogP contribution >= 0.6 is 0 Å². The monoisotopic (exact) mass is 488 g/mol. The Hall–Kier alpha value is -3.36. The second-order valence-electron chi connectivity index (χ2n) is 9.67. The molecule has 2 atom stereocenters. The van der Waals surface area contributed by atoms with E-state index < -0.39 is 12.1 Å². The van der Waals surface area contributed by atoms with Gasteiger partial charge >= 0.3 is 0 Å². The van der Waals surface area contributed by atoms with Gasteiger partial charge < -0.3 is 24.3 Å². The van der Waals surface area contributed by atoms with Crippen LogP contribution in [0.4, 0.5) is 0 Å². The van der Waals surface area contributed by atoms with Crippen LogP contribution in [-0.2, 0) is 20.7 Å². The molecule has 6 rings (SSSR count). The quantitative estimate of drug-likeness (QED) is 0.577. The van der Waals surface area contributed by atoms with Gasteiger partial charge in [0.1, 0.15) is 17.8 Å². The minimum absolute atomic E-state index is 0.0256. The molecule has 1 N–H and O–H groups in total. The number of hydrogen-bond acceptors (Lipinski definition) is 5. The zero-order valence-corrected chi connectivity index (χ0v) is 20.6. The second-order valence-corrected chi connectivity index (χ2v) is 9.67. The molecule has 3 aliphatic heterocycles. The molecule has 2 fully saturated rings. The summed E-state index contributed by atoms with van der Waals surface area (Å²) in [6.45, 7) is 7.04. The van der Waals surface area contributed by atoms with Crippen LogP contribution in [0.1, 0.15) is 29.8 Å². The van der Waals surface area contributed by atoms with E-state index >= 15 is 0 Å². The van der Waals surface area contributed by atoms with Gasteiger partial charge in [0.05, 0.1) is 26.4 Å². The highest BCUT2D eigenvalue weighted by Crippen LogP contribution is 2.44. The van der Waals surface area contributed by atoms with E-state index in [1.807, 2.05) is 48.2 Å². The van der Waals surface area contributed by atoms with Crippen LogP contribution in [0.5, 0.6) is 5.75 Å². The third-order valence-electron chi connectivity index (χ3n) is 7.65. The van der Waals surface area contributed by atoms with Crippen LogP contribution in [0.3, 0.4) is 0 Å². The van der Waals surface area contributed by atoms with Crippen LogP contribution < -0.4 is 4.74 Å². The number of carbonyl (C=O) groups excluding carboxylic acids is 2. The standard InChI is InChI=1S/C28H32N4O4/c1-2-36-24-10-6-4-8-20(24)27-26-21(19-7-3-5-9-22(19)29-26)17-23-28(34)31(18-25(33)32(23)27)12-11-30-13-15-35-16-14-30/h3-10,23,27,29H,2,11-18H2,1H3/t23-,27?/m0/s1. The van der Waals surface area contributed by atoms with Crippen LogP contribution in [-0.4, -0.2) is 90.1 Å². The Kier molecular flexibility index (Phi) is 6.15. The van der Waals surface area contributed by atoms with Crippen molar-refractivity contribution in [3.05, 3.63) is 65.4 Å². The van der Waals surface area contributed by atoms with Gasteiger partial charge in [0.15, 0.2) is 0 Å². The molecule has 0 spiro atoms. The van der Waals surface area contributed by atoms with Crippen molar-refractivity contribution in [2.24, 2.45) is 0 Å². The molecule has 3 aromatic rings. The van der Waals surface area contributed by atoms with Gasteiger partial charge in [0, 0.05) is 54.8 Å². The van der Waals surface area contributed by atoms with Gasteiger partial charge in [-0.15, -0.1) is 0 Å². The smallest absolute Gasteiger partial charge is 0.246 e. The molecular weight excluding hydrogens is 456 g/mol. The Labute approximate surface area is 210 Å². The highest BCUT2D eigenvalue weighted by atomic mass is 16.5. The fraction of sp³-hybridized carbons (Fsp3) is 0.429. The van der Waals surface area contributed by atoms with Gasteiger partial charge in [-0.25, -0.2) is 0 Å². The fourth-order valence-electron chi connectivity index (χ4n) is 5.92. The molecular formula is C28H32N4O4. The Bertz CT molecular complexity index is 1280. The maximum Gasteiger partial charge on any atom is 0.246 e. The summed E-state index contributed by atoms with van der Waals surface area (Å²) in [6.07, 6.45) is 0.505. The summed E-state index contributed by atoms with van der Waals surface area (Å²) in [6, 6.07) is 15.1. The number of amides is 2. The molecule has 3 aliphatic rings. The molecule has 0 bridgehead atoms. The maximum absolute atomic E-state index is 13.9. The number of fused-ring (bicyclic) bond motifs is 4. The van der Waals surface area contributed by atoms with Crippen LogP contribution in [0.15, 0.2) is 48.5 Å². The van der Waals surface area contributed by atoms with Crippen LogP contribution in [0.25, 0.3) is 10.9 Å². The molecule has 0 radical (unpaired) electrons. The molecule has 2 saturated heterocycles. The lowest BCUT2D eigenvalue weighted by molar-refractivity contribution is -0.159. The summed E-state index contributed by atoms with van der Waals surface area (Å²) < 4.78 is 11.4. The minimum Gasteiger partial charge on any atom is -0.494 e. The van der Waals surface area contributed by atoms with Crippen molar-refractivity contribution in [3.63, 3.8) is 0 Å². The summed E-state index contributed by atoms with van der Waals surface area (Å²) >= 11 is 0. The Morgan fingerprint density at radius 3 is 2.64 bits per heavy atom. The minimum atomic E-state index is -0.540. The molecule has 36 heavy (non-hydrogen) atoms. The molecule has 1 aromatic heterocycles. The van der Waals surface area contributed by atoms with Crippen molar-refractivity contribution in [2.45, 2.75) is 25.4 Å². The molecule has 4 heterocycles. The first-order valence-corrected chi connectivity index (χ1v) is 12.9. The molecule has 1 unspecified atom stereocenters. The molecule has 8 heteroatoms. The van der Waals surface area contributed by atoms with Crippen LogP contribution in [0, 0.1) is 0 Å². The third-order valence-corrected chi connectivity index (χ3v) is 7.65. The highest BCUT2D eigenvalue weighted by molar-refractivity contribution is 5.97. The van der Waals surface area contributed by atoms with Crippen LogP contribution in [0.2, 0.25) is 0 Å². The number of piperazine rings is 1. The van der Waals surface area contributed by atoms with Gasteiger partial charge in [-0.05, 0) is 24.6 Å². The van der Waals surface area contributed by atoms with Crippen molar-refractivity contribution in [1.82, 2.24) is 19.7 Å². The predicted octanol–water partition coefficient (Wildman–Crippen LogP) is 2.58. The lowest BCUT2D eigenvalue weighted by Gasteiger charge is -2.47. The topological polar surface area (TPSA) is 78.1 Å². The summed E-state index contributed by atoms with van der Waals surface area (Å²) in [5.41, 5.74) is 4.01. The summed E-state index contributed by atoms with van der Waals surface area (Å²) in [5, 5.41) is 1.11. The van der Waals surface area contributed by atoms with Crippen molar-refractivity contribution >= 4 is 22.7 Å². The van der Waals surface area contributed by atoms with E-state index in [1.165, 1.54) is 0 Å². The molecule has 188 valence electrons. The van der Waals surface area contributed by atoms with Gasteiger partial charge in [-0.2, -0.15) is 0 Å². The second kappa shape index (κ2) is 9.59. The average molecular weight is 489 g/mol. The van der Waals surface area contributed by atoms with E-state index in [2.05, 4.69) is 22.0 Å². The van der Waals surface area contributed by atoms with Gasteiger partial charge in [-0.1, -0.05) is 36.4 Å². The highest BCUT2D eigenvalue weighted by Gasteiger charge is 2.48. The average Bonchev–Trinajstić information content (AvgIpc) is 3.28. The number of nitrogens with zero attached hydrogens (tertiary/aromatic N) is 3. The number of morpholine rings is 1. The first kappa shape index (κ1) is 23.1. The molecule has 8 nitrogen and oxygen atoms in total. The number of benzene rings is 2. The van der Waals surface area contributed by atoms with E-state index in [-0.39, 0.29) is 18.4 Å². The largest absolute Gasteiger partial charge is 0.494 e. The lowest BCUT2D eigenvalue weighted by atomic mass is 9.86. The molecule has 2 amide bonds. The zero-order valence-electron chi connectivity index (χ0n) is 20.6. The number of H-pyrrole nitrogens is 1. The summed E-state index contributed by atoms with van der Waals surface area (Å²) in [4.78, 5) is 37.1. The Balaban J connectivity index is 1.39. The summed E-state index contributed by atoms with van der Waals surface area (Å²) in [5.74, 6) is 0.741. The Morgan fingerprint density at radius 1 is 1.03 bits per heavy atom. The molecule has 0 saturated carbocycles. The SMILES string of the molecule is CCOc1ccccc1C1c2[nH]c3ccccc3c2C[C@H]2C(=O)N(CCN3CCOCC3)CC(=O)N12. The lowest BCUT2D eigenvalue weighted by Crippen LogP contribution is -2.63. The van der Waals surface area contributed by atoms with E-state index in [4.69, 9.17) is 9.47 Å². The van der Waals surface area contributed by atoms with Crippen molar-refractivity contribution in [1.29, 1.82) is 0 Å². The molecule has 0 aliphatic carbocycles. The summed E-state index contributed by atoms with van der Waals surface area (Å²) in [7, 11) is 0.